The van der Waals surface area contributed by atoms with E-state index in [4.69, 9.17) is 10.1 Å². The van der Waals surface area contributed by atoms with Crippen molar-refractivity contribution in [3.05, 3.63) is 101 Å². The number of hydrogen-bond donors (Lipinski definition) is 0. The smallest absolute Gasteiger partial charge is 0.114 e. The van der Waals surface area contributed by atoms with Crippen molar-refractivity contribution in [3.8, 4) is 5.69 Å². The molecule has 0 saturated heterocycles. The predicted molar refractivity (Wildman–Crippen MR) is 122 cm³/mol. The maximum atomic E-state index is 4.83. The van der Waals surface area contributed by atoms with Gasteiger partial charge in [0.15, 0.2) is 0 Å². The van der Waals surface area contributed by atoms with Crippen molar-refractivity contribution in [1.29, 1.82) is 0 Å². The first-order chi connectivity index (χ1) is 14.1. The molecule has 29 heavy (non-hydrogen) atoms. The Balaban J connectivity index is 1.77. The van der Waals surface area contributed by atoms with E-state index < -0.39 is 0 Å². The first-order valence-corrected chi connectivity index (χ1v) is 10.4. The predicted octanol–water partition coefficient (Wildman–Crippen LogP) is 6.70. The maximum absolute atomic E-state index is 4.83. The molecule has 0 aliphatic heterocycles. The number of aliphatic imine (C=N–C) groups is 1. The number of aromatic nitrogens is 2. The molecule has 0 unspecified atom stereocenters. The van der Waals surface area contributed by atoms with Crippen molar-refractivity contribution in [3.63, 3.8) is 0 Å². The highest BCUT2D eigenvalue weighted by Crippen LogP contribution is 2.33. The van der Waals surface area contributed by atoms with Gasteiger partial charge < -0.3 is 0 Å². The van der Waals surface area contributed by atoms with Crippen LogP contribution in [0.4, 0.5) is 5.69 Å². The summed E-state index contributed by atoms with van der Waals surface area (Å²) < 4.78 is 2.01. The van der Waals surface area contributed by atoms with Gasteiger partial charge in [-0.25, -0.2) is 4.68 Å². The lowest BCUT2D eigenvalue weighted by molar-refractivity contribution is 0.793. The molecule has 0 N–H and O–H groups in total. The van der Waals surface area contributed by atoms with Crippen LogP contribution in [-0.2, 0) is 0 Å². The molecular weight excluding hydrogens is 374 g/mol. The van der Waals surface area contributed by atoms with E-state index in [2.05, 4.69) is 62.4 Å². The number of para-hydroxylation sites is 1. The van der Waals surface area contributed by atoms with E-state index in [-0.39, 0.29) is 0 Å². The topological polar surface area (TPSA) is 30.2 Å². The van der Waals surface area contributed by atoms with Crippen LogP contribution in [0.2, 0.25) is 0 Å². The average molecular weight is 398 g/mol. The maximum Gasteiger partial charge on any atom is 0.114 e. The third-order valence-corrected chi connectivity index (χ3v) is 5.77. The largest absolute Gasteiger partial charge is 0.256 e. The zero-order chi connectivity index (χ0) is 20.2. The second-order valence-corrected chi connectivity index (χ2v) is 8.12. The van der Waals surface area contributed by atoms with Crippen LogP contribution >= 0.6 is 11.8 Å². The molecule has 0 atom stereocenters. The van der Waals surface area contributed by atoms with E-state index in [0.717, 1.165) is 27.7 Å². The Morgan fingerprint density at radius 1 is 0.793 bits per heavy atom. The van der Waals surface area contributed by atoms with Crippen molar-refractivity contribution < 1.29 is 0 Å². The van der Waals surface area contributed by atoms with Crippen LogP contribution in [0.3, 0.4) is 0 Å². The highest BCUT2D eigenvalue weighted by molar-refractivity contribution is 7.99. The summed E-state index contributed by atoms with van der Waals surface area (Å²) in [5.74, 6) is 0. The Morgan fingerprint density at radius 3 is 2.07 bits per heavy atom. The molecule has 3 aromatic carbocycles. The third-order valence-electron chi connectivity index (χ3n) is 4.68. The Bertz CT molecular complexity index is 1130. The summed E-state index contributed by atoms with van der Waals surface area (Å²) in [5, 5.41) is 5.89. The average Bonchev–Trinajstić information content (AvgIpc) is 3.05. The van der Waals surface area contributed by atoms with Gasteiger partial charge in [-0.05, 0) is 57.2 Å². The molecular formula is C25H23N3S. The van der Waals surface area contributed by atoms with E-state index in [1.54, 1.807) is 11.8 Å². The fourth-order valence-electron chi connectivity index (χ4n) is 3.00. The molecule has 0 fully saturated rings. The van der Waals surface area contributed by atoms with E-state index in [1.807, 2.05) is 48.2 Å². The van der Waals surface area contributed by atoms with Crippen molar-refractivity contribution >= 4 is 23.7 Å². The standard InChI is InChI=1S/C25H23N3S/c1-18-9-13-21(14-10-18)26-17-24-20(3)27-28(22-7-5-4-6-8-22)25(24)29-23-15-11-19(2)12-16-23/h4-17H,1-3H3. The monoisotopic (exact) mass is 397 g/mol. The number of benzene rings is 3. The summed E-state index contributed by atoms with van der Waals surface area (Å²) in [6, 6.07) is 27.0. The normalized spacial score (nSPS) is 11.3. The van der Waals surface area contributed by atoms with Gasteiger partial charge in [0.2, 0.25) is 0 Å². The summed E-state index contributed by atoms with van der Waals surface area (Å²) in [7, 11) is 0. The molecule has 0 saturated carbocycles. The SMILES string of the molecule is Cc1ccc(N=Cc2c(C)nn(-c3ccccc3)c2Sc2ccc(C)cc2)cc1. The van der Waals surface area contributed by atoms with Crippen LogP contribution in [-0.4, -0.2) is 16.0 Å². The minimum Gasteiger partial charge on any atom is -0.256 e. The van der Waals surface area contributed by atoms with Crippen molar-refractivity contribution in [1.82, 2.24) is 9.78 Å². The first-order valence-electron chi connectivity index (χ1n) is 9.60. The summed E-state index contributed by atoms with van der Waals surface area (Å²) in [4.78, 5) is 5.89. The zero-order valence-electron chi connectivity index (χ0n) is 16.8. The molecule has 4 heteroatoms. The van der Waals surface area contributed by atoms with Crippen LogP contribution in [0, 0.1) is 20.8 Å². The molecule has 0 radical (unpaired) electrons. The fourth-order valence-corrected chi connectivity index (χ4v) is 4.04. The summed E-state index contributed by atoms with van der Waals surface area (Å²) >= 11 is 1.71. The van der Waals surface area contributed by atoms with Gasteiger partial charge in [0.1, 0.15) is 5.03 Å². The second-order valence-electron chi connectivity index (χ2n) is 7.06. The molecule has 0 aliphatic rings. The van der Waals surface area contributed by atoms with Crippen molar-refractivity contribution in [2.45, 2.75) is 30.7 Å². The highest BCUT2D eigenvalue weighted by Gasteiger charge is 2.16. The number of hydrogen-bond acceptors (Lipinski definition) is 3. The van der Waals surface area contributed by atoms with Gasteiger partial charge in [-0.2, -0.15) is 5.10 Å². The summed E-state index contributed by atoms with van der Waals surface area (Å²) in [6.45, 7) is 6.22. The van der Waals surface area contributed by atoms with Gasteiger partial charge >= 0.3 is 0 Å². The van der Waals surface area contributed by atoms with Crippen molar-refractivity contribution in [2.75, 3.05) is 0 Å². The summed E-state index contributed by atoms with van der Waals surface area (Å²) in [6.07, 6.45) is 1.93. The van der Waals surface area contributed by atoms with Crippen LogP contribution in [0.15, 0.2) is 93.8 Å². The van der Waals surface area contributed by atoms with Crippen LogP contribution < -0.4 is 0 Å². The van der Waals surface area contributed by atoms with Gasteiger partial charge in [0.25, 0.3) is 0 Å². The van der Waals surface area contributed by atoms with Crippen LogP contribution in [0.1, 0.15) is 22.4 Å². The van der Waals surface area contributed by atoms with E-state index >= 15 is 0 Å². The molecule has 4 rings (SSSR count). The molecule has 1 aromatic heterocycles. The third kappa shape index (κ3) is 4.49. The quantitative estimate of drug-likeness (QED) is 0.351. The molecule has 0 bridgehead atoms. The van der Waals surface area contributed by atoms with E-state index in [0.29, 0.717) is 0 Å². The van der Waals surface area contributed by atoms with Gasteiger partial charge in [-0.1, -0.05) is 65.4 Å². The molecule has 3 nitrogen and oxygen atoms in total. The highest BCUT2D eigenvalue weighted by atomic mass is 32.2. The Kier molecular flexibility index (Phi) is 5.63. The van der Waals surface area contributed by atoms with Gasteiger partial charge in [-0.15, -0.1) is 0 Å². The van der Waals surface area contributed by atoms with Gasteiger partial charge in [0.05, 0.1) is 17.1 Å². The Labute approximate surface area is 176 Å². The molecule has 144 valence electrons. The minimum absolute atomic E-state index is 0.939. The Hall–Kier alpha value is -3.11. The molecule has 0 aliphatic carbocycles. The molecule has 0 amide bonds. The second kappa shape index (κ2) is 8.50. The fraction of sp³-hybridized carbons (Fsp3) is 0.120. The van der Waals surface area contributed by atoms with Crippen molar-refractivity contribution in [2.24, 2.45) is 4.99 Å². The van der Waals surface area contributed by atoms with E-state index in [1.165, 1.54) is 16.0 Å². The van der Waals surface area contributed by atoms with Crippen LogP contribution in [0.25, 0.3) is 5.69 Å². The molecule has 1 heterocycles. The number of aryl methyl sites for hydroxylation is 3. The molecule has 0 spiro atoms. The lowest BCUT2D eigenvalue weighted by atomic mass is 10.2. The zero-order valence-corrected chi connectivity index (χ0v) is 17.6. The first kappa shape index (κ1) is 19.2. The van der Waals surface area contributed by atoms with Gasteiger partial charge in [-0.3, -0.25) is 4.99 Å². The number of nitrogens with zero attached hydrogens (tertiary/aromatic N) is 3. The summed E-state index contributed by atoms with van der Waals surface area (Å²) in [5.41, 5.74) is 6.46. The molecule has 4 aromatic rings. The lowest BCUT2D eigenvalue weighted by Crippen LogP contribution is -1.98. The minimum atomic E-state index is 0.939. The van der Waals surface area contributed by atoms with Crippen LogP contribution in [0.5, 0.6) is 0 Å². The number of rotatable bonds is 5. The van der Waals surface area contributed by atoms with Gasteiger partial charge in [0, 0.05) is 16.7 Å². The lowest BCUT2D eigenvalue weighted by Gasteiger charge is -2.08. The van der Waals surface area contributed by atoms with E-state index in [9.17, 15) is 0 Å². The Morgan fingerprint density at radius 2 is 1.41 bits per heavy atom.